The van der Waals surface area contributed by atoms with Crippen LogP contribution in [0.3, 0.4) is 0 Å². The molecule has 9 atom stereocenters. The number of Topliss-reactive ketones (excluding diaryl/α,β-unsaturated/α-hetero) is 1. The number of hydrogen-bond acceptors (Lipinski definition) is 4. The quantitative estimate of drug-likeness (QED) is 0.649. The van der Waals surface area contributed by atoms with Crippen LogP contribution in [0.25, 0.3) is 0 Å². The van der Waals surface area contributed by atoms with Gasteiger partial charge in [-0.3, -0.25) is 4.79 Å². The highest BCUT2D eigenvalue weighted by Gasteiger charge is 2.68. The molecule has 4 rings (SSSR count). The van der Waals surface area contributed by atoms with Gasteiger partial charge in [-0.1, -0.05) is 34.1 Å². The molecule has 4 fully saturated rings. The van der Waals surface area contributed by atoms with Gasteiger partial charge in [0.1, 0.15) is 5.78 Å². The molecule has 29 heavy (non-hydrogen) atoms. The largest absolute Gasteiger partial charge is 0.396 e. The van der Waals surface area contributed by atoms with E-state index in [1.807, 2.05) is 0 Å². The van der Waals surface area contributed by atoms with Crippen LogP contribution in [0.4, 0.5) is 0 Å². The van der Waals surface area contributed by atoms with E-state index in [1.54, 1.807) is 6.92 Å². The van der Waals surface area contributed by atoms with Crippen molar-refractivity contribution in [2.24, 2.45) is 45.3 Å². The van der Waals surface area contributed by atoms with Crippen molar-refractivity contribution in [3.8, 4) is 0 Å². The Hall–Kier alpha value is -0.450. The third kappa shape index (κ3) is 2.84. The van der Waals surface area contributed by atoms with Crippen molar-refractivity contribution in [3.05, 3.63) is 0 Å². The van der Waals surface area contributed by atoms with E-state index in [9.17, 15) is 20.1 Å². The number of aliphatic hydroxyl groups excluding tert-OH is 3. The first-order chi connectivity index (χ1) is 13.4. The van der Waals surface area contributed by atoms with Crippen LogP contribution >= 0.6 is 0 Å². The number of rotatable bonds is 2. The van der Waals surface area contributed by atoms with Gasteiger partial charge in [-0.2, -0.15) is 0 Å². The molecule has 0 amide bonds. The van der Waals surface area contributed by atoms with Gasteiger partial charge in [0, 0.05) is 17.9 Å². The first-order valence-corrected chi connectivity index (χ1v) is 11.9. The average molecular weight is 407 g/mol. The van der Waals surface area contributed by atoms with Crippen molar-refractivity contribution in [1.29, 1.82) is 0 Å². The second-order valence-corrected chi connectivity index (χ2v) is 12.4. The number of ketones is 1. The van der Waals surface area contributed by atoms with Gasteiger partial charge in [0.2, 0.25) is 0 Å². The van der Waals surface area contributed by atoms with Crippen molar-refractivity contribution in [2.45, 2.75) is 98.2 Å². The maximum absolute atomic E-state index is 12.2. The highest BCUT2D eigenvalue weighted by molar-refractivity contribution is 5.79. The molecule has 166 valence electrons. The Labute approximate surface area is 176 Å². The second-order valence-electron chi connectivity index (χ2n) is 12.4. The van der Waals surface area contributed by atoms with Gasteiger partial charge in [0.25, 0.3) is 0 Å². The molecule has 0 radical (unpaired) electrons. The van der Waals surface area contributed by atoms with E-state index in [-0.39, 0.29) is 51.8 Å². The van der Waals surface area contributed by atoms with E-state index in [1.165, 1.54) is 6.42 Å². The lowest BCUT2D eigenvalue weighted by Gasteiger charge is -2.70. The maximum Gasteiger partial charge on any atom is 0.135 e. The summed E-state index contributed by atoms with van der Waals surface area (Å²) in [6.07, 6.45) is 6.43. The fourth-order valence-corrected chi connectivity index (χ4v) is 9.33. The van der Waals surface area contributed by atoms with Gasteiger partial charge in [0.15, 0.2) is 0 Å². The Kier molecular flexibility index (Phi) is 5.08. The van der Waals surface area contributed by atoms with E-state index in [0.717, 1.165) is 32.1 Å². The van der Waals surface area contributed by atoms with Crippen LogP contribution < -0.4 is 0 Å². The van der Waals surface area contributed by atoms with E-state index < -0.39 is 12.2 Å². The van der Waals surface area contributed by atoms with Crippen LogP contribution in [0.5, 0.6) is 0 Å². The molecule has 4 unspecified atom stereocenters. The molecule has 4 heteroatoms. The predicted octanol–water partition coefficient (Wildman–Crippen LogP) is 3.95. The predicted molar refractivity (Wildman–Crippen MR) is 113 cm³/mol. The summed E-state index contributed by atoms with van der Waals surface area (Å²) in [5, 5.41) is 33.1. The second kappa shape index (κ2) is 6.77. The summed E-state index contributed by atoms with van der Waals surface area (Å²) in [5.41, 5.74) is -0.253. The molecule has 0 aromatic heterocycles. The van der Waals surface area contributed by atoms with Crippen LogP contribution in [0.2, 0.25) is 0 Å². The van der Waals surface area contributed by atoms with Gasteiger partial charge in [-0.05, 0) is 85.9 Å². The molecule has 0 heterocycles. The number of carbonyl (C=O) groups is 1. The lowest BCUT2D eigenvalue weighted by molar-refractivity contribution is -0.255. The Balaban J connectivity index is 1.77. The number of carbonyl (C=O) groups excluding carboxylic acids is 1. The molecular weight excluding hydrogens is 364 g/mol. The van der Waals surface area contributed by atoms with Crippen LogP contribution in [0, 0.1) is 45.3 Å². The normalized spacial score (nSPS) is 54.1. The highest BCUT2D eigenvalue weighted by Crippen LogP contribution is 2.72. The zero-order chi connectivity index (χ0) is 21.4. The highest BCUT2D eigenvalue weighted by atomic mass is 16.3. The fourth-order valence-electron chi connectivity index (χ4n) is 9.33. The smallest absolute Gasteiger partial charge is 0.135 e. The summed E-state index contributed by atoms with van der Waals surface area (Å²) in [7, 11) is 0. The fraction of sp³-hybridized carbons (Fsp3) is 0.960. The summed E-state index contributed by atoms with van der Waals surface area (Å²) in [5.74, 6) is 0.627. The Morgan fingerprint density at radius 3 is 2.24 bits per heavy atom. The van der Waals surface area contributed by atoms with Crippen LogP contribution in [0.15, 0.2) is 0 Å². The van der Waals surface area contributed by atoms with E-state index >= 15 is 0 Å². The Morgan fingerprint density at radius 2 is 1.62 bits per heavy atom. The molecule has 0 aromatic carbocycles. The molecular formula is C25H42O4. The molecule has 0 bridgehead atoms. The summed E-state index contributed by atoms with van der Waals surface area (Å²) >= 11 is 0. The number of aliphatic hydroxyl groups is 3. The van der Waals surface area contributed by atoms with Gasteiger partial charge in [-0.25, -0.2) is 0 Å². The third-order valence-electron chi connectivity index (χ3n) is 10.8. The van der Waals surface area contributed by atoms with Gasteiger partial charge < -0.3 is 15.3 Å². The first-order valence-electron chi connectivity index (χ1n) is 11.9. The van der Waals surface area contributed by atoms with Crippen LogP contribution in [-0.4, -0.2) is 39.9 Å². The SMILES string of the molecule is CC(=O)C1C[C@]2(C)C(C[C@@H]1O)[C@]1(C)CCC3C(C)(C)CCC[C@]3(CO)C1C[C@H]2O. The molecule has 0 aliphatic heterocycles. The van der Waals surface area contributed by atoms with Crippen molar-refractivity contribution in [1.82, 2.24) is 0 Å². The molecule has 4 nitrogen and oxygen atoms in total. The lowest BCUT2D eigenvalue weighted by Crippen LogP contribution is -2.67. The molecule has 4 aliphatic carbocycles. The maximum atomic E-state index is 12.2. The first kappa shape index (κ1) is 21.8. The molecule has 4 saturated carbocycles. The number of hydrogen-bond donors (Lipinski definition) is 3. The monoisotopic (exact) mass is 406 g/mol. The van der Waals surface area contributed by atoms with Crippen molar-refractivity contribution >= 4 is 5.78 Å². The minimum absolute atomic E-state index is 0.0105. The van der Waals surface area contributed by atoms with Crippen LogP contribution in [0.1, 0.15) is 86.0 Å². The van der Waals surface area contributed by atoms with E-state index in [0.29, 0.717) is 18.8 Å². The van der Waals surface area contributed by atoms with E-state index in [2.05, 4.69) is 27.7 Å². The standard InChI is InChI=1S/C25H42O4/c1-15(27)16-13-24(5)19(11-17(16)28)23(4)10-7-18-22(2,3)8-6-9-25(18,14-26)20(23)12-21(24)29/h16-21,26,28-29H,6-14H2,1-5H3/t16?,17-,18?,19?,20?,21+,23-,24+,25+/m0/s1. The Bertz CT molecular complexity index is 674. The van der Waals surface area contributed by atoms with Gasteiger partial charge >= 0.3 is 0 Å². The van der Waals surface area contributed by atoms with Crippen molar-refractivity contribution in [2.75, 3.05) is 6.61 Å². The van der Waals surface area contributed by atoms with Gasteiger partial charge in [0.05, 0.1) is 12.2 Å². The molecule has 3 N–H and O–H groups in total. The number of fused-ring (bicyclic) bond motifs is 5. The van der Waals surface area contributed by atoms with Crippen molar-refractivity contribution in [3.63, 3.8) is 0 Å². The minimum Gasteiger partial charge on any atom is -0.396 e. The lowest BCUT2D eigenvalue weighted by atomic mass is 9.34. The summed E-state index contributed by atoms with van der Waals surface area (Å²) in [4.78, 5) is 12.2. The molecule has 0 aromatic rings. The molecule has 0 spiro atoms. The average Bonchev–Trinajstić information content (AvgIpc) is 2.64. The summed E-state index contributed by atoms with van der Waals surface area (Å²) in [6.45, 7) is 11.1. The van der Waals surface area contributed by atoms with Crippen LogP contribution in [-0.2, 0) is 4.79 Å². The topological polar surface area (TPSA) is 77.8 Å². The van der Waals surface area contributed by atoms with Gasteiger partial charge in [-0.15, -0.1) is 0 Å². The van der Waals surface area contributed by atoms with E-state index in [4.69, 9.17) is 0 Å². The molecule has 4 aliphatic rings. The zero-order valence-corrected chi connectivity index (χ0v) is 19.1. The molecule has 0 saturated heterocycles. The Morgan fingerprint density at radius 1 is 0.931 bits per heavy atom. The summed E-state index contributed by atoms with van der Waals surface area (Å²) in [6, 6.07) is 0. The zero-order valence-electron chi connectivity index (χ0n) is 19.1. The minimum atomic E-state index is -0.612. The third-order valence-corrected chi connectivity index (χ3v) is 10.8. The summed E-state index contributed by atoms with van der Waals surface area (Å²) < 4.78 is 0. The van der Waals surface area contributed by atoms with Crippen molar-refractivity contribution < 1.29 is 20.1 Å².